The first-order valence-electron chi connectivity index (χ1n) is 8.33. The molecule has 0 unspecified atom stereocenters. The molecule has 114 valence electrons. The Morgan fingerprint density at radius 3 is 2.33 bits per heavy atom. The van der Waals surface area contributed by atoms with E-state index in [-0.39, 0.29) is 5.78 Å². The first kappa shape index (κ1) is 14.6. The van der Waals surface area contributed by atoms with Gasteiger partial charge in [0.2, 0.25) is 0 Å². The molecule has 0 atom stereocenters. The Kier molecular flexibility index (Phi) is 4.91. The summed E-state index contributed by atoms with van der Waals surface area (Å²) in [5.74, 6) is 1.13. The van der Waals surface area contributed by atoms with Gasteiger partial charge < -0.3 is 4.74 Å². The number of Topliss-reactive ketones (excluding diaryl/α,β-unsaturated/α-hetero) is 1. The summed E-state index contributed by atoms with van der Waals surface area (Å²) in [4.78, 5) is 14.5. The van der Waals surface area contributed by atoms with Gasteiger partial charge in [-0.2, -0.15) is 0 Å². The van der Waals surface area contributed by atoms with Crippen molar-refractivity contribution in [3.63, 3.8) is 0 Å². The van der Waals surface area contributed by atoms with Gasteiger partial charge in [-0.1, -0.05) is 6.42 Å². The zero-order valence-corrected chi connectivity index (χ0v) is 12.7. The number of carbonyl (C=O) groups is 1. The second-order valence-electron chi connectivity index (χ2n) is 6.31. The van der Waals surface area contributed by atoms with Crippen LogP contribution in [0.4, 0.5) is 0 Å². The monoisotopic (exact) mass is 287 g/mol. The van der Waals surface area contributed by atoms with Gasteiger partial charge in [-0.15, -0.1) is 0 Å². The molecule has 3 heteroatoms. The van der Waals surface area contributed by atoms with Gasteiger partial charge in [-0.25, -0.2) is 0 Å². The third-order valence-corrected chi connectivity index (χ3v) is 4.60. The molecule has 1 aliphatic carbocycles. The summed E-state index contributed by atoms with van der Waals surface area (Å²) in [6.45, 7) is 2.69. The van der Waals surface area contributed by atoms with Crippen molar-refractivity contribution in [2.45, 2.75) is 51.0 Å². The number of rotatable bonds is 5. The van der Waals surface area contributed by atoms with Crippen molar-refractivity contribution in [1.29, 1.82) is 0 Å². The van der Waals surface area contributed by atoms with Crippen molar-refractivity contribution >= 4 is 5.78 Å². The maximum absolute atomic E-state index is 12.2. The van der Waals surface area contributed by atoms with Crippen LogP contribution in [0.2, 0.25) is 0 Å². The Hall–Kier alpha value is -1.35. The fraction of sp³-hybridized carbons (Fsp3) is 0.611. The molecule has 3 nitrogen and oxygen atoms in total. The average molecular weight is 287 g/mol. The Balaban J connectivity index is 1.54. The van der Waals surface area contributed by atoms with E-state index in [1.54, 1.807) is 0 Å². The maximum Gasteiger partial charge on any atom is 0.176 e. The third kappa shape index (κ3) is 4.07. The van der Waals surface area contributed by atoms with Crippen LogP contribution >= 0.6 is 0 Å². The summed E-state index contributed by atoms with van der Waals surface area (Å²) in [6, 6.07) is 7.73. The first-order chi connectivity index (χ1) is 10.3. The smallest absolute Gasteiger partial charge is 0.176 e. The van der Waals surface area contributed by atoms with Crippen molar-refractivity contribution in [3.05, 3.63) is 29.8 Å². The van der Waals surface area contributed by atoms with Crippen molar-refractivity contribution < 1.29 is 9.53 Å². The fourth-order valence-corrected chi connectivity index (χ4v) is 3.33. The van der Waals surface area contributed by atoms with Gasteiger partial charge >= 0.3 is 0 Å². The lowest BCUT2D eigenvalue weighted by Crippen LogP contribution is -2.26. The highest BCUT2D eigenvalue weighted by molar-refractivity contribution is 5.97. The number of benzene rings is 1. The van der Waals surface area contributed by atoms with Gasteiger partial charge in [0, 0.05) is 5.56 Å². The van der Waals surface area contributed by atoms with Crippen LogP contribution in [-0.2, 0) is 0 Å². The van der Waals surface area contributed by atoms with E-state index >= 15 is 0 Å². The van der Waals surface area contributed by atoms with Crippen molar-refractivity contribution in [2.24, 2.45) is 0 Å². The highest BCUT2D eigenvalue weighted by atomic mass is 16.5. The van der Waals surface area contributed by atoms with Gasteiger partial charge in [-0.3, -0.25) is 9.69 Å². The quantitative estimate of drug-likeness (QED) is 0.774. The van der Waals surface area contributed by atoms with Crippen LogP contribution in [0.15, 0.2) is 24.3 Å². The largest absolute Gasteiger partial charge is 0.490 e. The topological polar surface area (TPSA) is 29.5 Å². The molecule has 1 aromatic carbocycles. The van der Waals surface area contributed by atoms with Crippen LogP contribution in [-0.4, -0.2) is 36.4 Å². The van der Waals surface area contributed by atoms with E-state index in [1.807, 2.05) is 24.3 Å². The lowest BCUT2D eigenvalue weighted by Gasteiger charge is -2.23. The Labute approximate surface area is 127 Å². The average Bonchev–Trinajstić information content (AvgIpc) is 3.02. The van der Waals surface area contributed by atoms with Gasteiger partial charge in [0.05, 0.1) is 12.6 Å². The minimum Gasteiger partial charge on any atom is -0.490 e. The third-order valence-electron chi connectivity index (χ3n) is 4.60. The van der Waals surface area contributed by atoms with Gasteiger partial charge in [0.25, 0.3) is 0 Å². The normalized spacial score (nSPS) is 20.6. The molecule has 1 aromatic rings. The molecular weight excluding hydrogens is 262 g/mol. The summed E-state index contributed by atoms with van der Waals surface area (Å²) >= 11 is 0. The first-order valence-corrected chi connectivity index (χ1v) is 8.33. The number of hydrogen-bond donors (Lipinski definition) is 0. The molecule has 1 saturated carbocycles. The molecule has 21 heavy (non-hydrogen) atoms. The van der Waals surface area contributed by atoms with Crippen molar-refractivity contribution in [3.8, 4) is 5.75 Å². The van der Waals surface area contributed by atoms with E-state index in [1.165, 1.54) is 32.1 Å². The number of nitrogens with zero attached hydrogens (tertiary/aromatic N) is 1. The zero-order valence-electron chi connectivity index (χ0n) is 12.7. The van der Waals surface area contributed by atoms with Crippen LogP contribution in [0.5, 0.6) is 5.75 Å². The molecule has 0 radical (unpaired) electrons. The van der Waals surface area contributed by atoms with Gasteiger partial charge in [0.15, 0.2) is 5.78 Å². The van der Waals surface area contributed by atoms with Gasteiger partial charge in [0.1, 0.15) is 5.75 Å². The van der Waals surface area contributed by atoms with Crippen LogP contribution in [0.1, 0.15) is 55.3 Å². The van der Waals surface area contributed by atoms with Gasteiger partial charge in [-0.05, 0) is 75.9 Å². The molecule has 0 N–H and O–H groups in total. The van der Waals surface area contributed by atoms with E-state index in [0.717, 1.165) is 37.2 Å². The van der Waals surface area contributed by atoms with E-state index in [0.29, 0.717) is 12.6 Å². The molecule has 2 aliphatic rings. The molecule has 0 spiro atoms. The summed E-state index contributed by atoms with van der Waals surface area (Å²) in [5.41, 5.74) is 0.804. The zero-order chi connectivity index (χ0) is 14.5. The summed E-state index contributed by atoms with van der Waals surface area (Å²) in [5, 5.41) is 0. The Morgan fingerprint density at radius 2 is 1.67 bits per heavy atom. The van der Waals surface area contributed by atoms with Crippen LogP contribution < -0.4 is 4.74 Å². The molecule has 0 bridgehead atoms. The SMILES string of the molecule is O=C(CN1CCCC1)c1ccc(OC2CCCCC2)cc1. The summed E-state index contributed by atoms with van der Waals surface area (Å²) < 4.78 is 6.00. The van der Waals surface area contributed by atoms with Crippen molar-refractivity contribution in [2.75, 3.05) is 19.6 Å². The van der Waals surface area contributed by atoms with Crippen LogP contribution in [0.25, 0.3) is 0 Å². The Bertz CT molecular complexity index is 457. The standard InChI is InChI=1S/C18H25NO2/c20-18(14-19-12-4-5-13-19)15-8-10-17(11-9-15)21-16-6-2-1-3-7-16/h8-11,16H,1-7,12-14H2. The molecular formula is C18H25NO2. The van der Waals surface area contributed by atoms with Crippen LogP contribution in [0.3, 0.4) is 0 Å². The van der Waals surface area contributed by atoms with E-state index < -0.39 is 0 Å². The molecule has 2 fully saturated rings. The minimum atomic E-state index is 0.223. The minimum absolute atomic E-state index is 0.223. The number of hydrogen-bond acceptors (Lipinski definition) is 3. The maximum atomic E-state index is 12.2. The number of carbonyl (C=O) groups excluding carboxylic acids is 1. The predicted octanol–water partition coefficient (Wildman–Crippen LogP) is 3.68. The molecule has 0 aromatic heterocycles. The predicted molar refractivity (Wildman–Crippen MR) is 83.9 cm³/mol. The lowest BCUT2D eigenvalue weighted by atomic mass is 9.98. The highest BCUT2D eigenvalue weighted by Gasteiger charge is 2.17. The molecule has 3 rings (SSSR count). The summed E-state index contributed by atoms with van der Waals surface area (Å²) in [6.07, 6.45) is 9.02. The lowest BCUT2D eigenvalue weighted by molar-refractivity contribution is 0.0945. The summed E-state index contributed by atoms with van der Waals surface area (Å²) in [7, 11) is 0. The van der Waals surface area contributed by atoms with E-state index in [9.17, 15) is 4.79 Å². The number of ether oxygens (including phenoxy) is 1. The number of likely N-dealkylation sites (tertiary alicyclic amines) is 1. The second-order valence-corrected chi connectivity index (χ2v) is 6.31. The van der Waals surface area contributed by atoms with E-state index in [2.05, 4.69) is 4.90 Å². The number of ketones is 1. The van der Waals surface area contributed by atoms with E-state index in [4.69, 9.17) is 4.74 Å². The van der Waals surface area contributed by atoms with Crippen LogP contribution in [0, 0.1) is 0 Å². The Morgan fingerprint density at radius 1 is 1.00 bits per heavy atom. The highest BCUT2D eigenvalue weighted by Crippen LogP contribution is 2.23. The molecule has 0 amide bonds. The molecule has 1 heterocycles. The molecule has 1 saturated heterocycles. The fourth-order valence-electron chi connectivity index (χ4n) is 3.33. The molecule has 1 aliphatic heterocycles. The van der Waals surface area contributed by atoms with Crippen molar-refractivity contribution in [1.82, 2.24) is 4.90 Å². The second kappa shape index (κ2) is 7.08.